The van der Waals surface area contributed by atoms with Crippen LogP contribution in [-0.2, 0) is 4.57 Å². The molecule has 0 atom stereocenters. The Bertz CT molecular complexity index is 1100. The van der Waals surface area contributed by atoms with E-state index in [-0.39, 0.29) is 0 Å². The third-order valence-corrected chi connectivity index (χ3v) is 7.00. The third kappa shape index (κ3) is 2.84. The predicted octanol–water partition coefficient (Wildman–Crippen LogP) is 6.67. The Labute approximate surface area is 156 Å². The van der Waals surface area contributed by atoms with Gasteiger partial charge < -0.3 is 4.57 Å². The maximum absolute atomic E-state index is 12.6. The summed E-state index contributed by atoms with van der Waals surface area (Å²) >= 11 is 3.79. The van der Waals surface area contributed by atoms with Crippen LogP contribution >= 0.6 is 23.1 Å². The Kier molecular flexibility index (Phi) is 4.06. The lowest BCUT2D eigenvalue weighted by atomic mass is 9.92. The molecule has 0 amide bonds. The molecule has 0 bridgehead atoms. The lowest BCUT2D eigenvalue weighted by Gasteiger charge is -2.16. The highest BCUT2D eigenvalue weighted by Gasteiger charge is 2.16. The van der Waals surface area contributed by atoms with Crippen LogP contribution in [0, 0.1) is 0 Å². The average molecular weight is 409 g/mol. The van der Waals surface area contributed by atoms with Crippen LogP contribution in [-0.4, -0.2) is 13.3 Å². The number of hydrogen-bond donors (Lipinski definition) is 0. The molecular weight excluding hydrogens is 391 g/mol. The monoisotopic (exact) mass is 408 g/mol. The first-order chi connectivity index (χ1) is 12.0. The molecule has 124 valence electrons. The van der Waals surface area contributed by atoms with Crippen molar-refractivity contribution >= 4 is 49.9 Å². The molecule has 0 saturated heterocycles. The van der Waals surface area contributed by atoms with Gasteiger partial charge in [-0.15, -0.1) is 0 Å². The van der Waals surface area contributed by atoms with Gasteiger partial charge in [-0.2, -0.15) is 0 Å². The van der Waals surface area contributed by atoms with Gasteiger partial charge in [0.15, 0.2) is 0 Å². The zero-order valence-corrected chi connectivity index (χ0v) is 16.6. The van der Waals surface area contributed by atoms with Crippen LogP contribution in [0.1, 0.15) is 0 Å². The van der Waals surface area contributed by atoms with Gasteiger partial charge in [0, 0.05) is 9.78 Å². The molecule has 0 N–H and O–H groups in total. The summed E-state index contributed by atoms with van der Waals surface area (Å²) in [6.45, 7) is 3.65. The summed E-state index contributed by atoms with van der Waals surface area (Å²) in [6, 6.07) is 25.0. The van der Waals surface area contributed by atoms with E-state index in [1.807, 2.05) is 25.5 Å². The summed E-state index contributed by atoms with van der Waals surface area (Å²) < 4.78 is 13.7. The second kappa shape index (κ2) is 6.12. The summed E-state index contributed by atoms with van der Waals surface area (Å²) in [4.78, 5) is 0. The Morgan fingerprint density at radius 2 is 1.24 bits per heavy atom. The molecule has 0 radical (unpaired) electrons. The van der Waals surface area contributed by atoms with E-state index < -0.39 is 7.14 Å². The summed E-state index contributed by atoms with van der Waals surface area (Å²) in [7, 11) is -2.31. The summed E-state index contributed by atoms with van der Waals surface area (Å²) in [5.74, 6) is 0. The minimum atomic E-state index is -2.31. The SMILES string of the molecule is CP(C)(=O)c1cccc(-c2c3ccccc3c(Br)c3ccccc23)c1. The second-order valence-corrected chi connectivity index (χ2v) is 10.7. The molecular formula is C22H18BrOP. The maximum atomic E-state index is 12.6. The first-order valence-corrected chi connectivity index (χ1v) is 11.6. The Morgan fingerprint density at radius 3 is 1.76 bits per heavy atom. The van der Waals surface area contributed by atoms with Crippen LogP contribution in [0.3, 0.4) is 0 Å². The smallest absolute Gasteiger partial charge is 0.109 e. The van der Waals surface area contributed by atoms with Crippen molar-refractivity contribution in [3.05, 3.63) is 77.3 Å². The van der Waals surface area contributed by atoms with Gasteiger partial charge in [0.1, 0.15) is 7.14 Å². The standard InChI is InChI=1S/C22H18BrOP/c1-25(2,24)16-9-7-8-15(14-16)21-17-10-3-5-12-19(17)22(23)20-13-6-4-11-18(20)21/h3-14H,1-2H3. The fourth-order valence-corrected chi connectivity index (χ4v) is 4.97. The zero-order valence-electron chi connectivity index (χ0n) is 14.2. The van der Waals surface area contributed by atoms with Crippen LogP contribution in [0.5, 0.6) is 0 Å². The van der Waals surface area contributed by atoms with Crippen LogP contribution < -0.4 is 5.30 Å². The van der Waals surface area contributed by atoms with Crippen molar-refractivity contribution < 1.29 is 4.57 Å². The largest absolute Gasteiger partial charge is 0.319 e. The van der Waals surface area contributed by atoms with Gasteiger partial charge in [0.2, 0.25) is 0 Å². The molecule has 0 aliphatic carbocycles. The van der Waals surface area contributed by atoms with E-state index >= 15 is 0 Å². The van der Waals surface area contributed by atoms with Gasteiger partial charge in [-0.05, 0) is 68.0 Å². The molecule has 0 heterocycles. The van der Waals surface area contributed by atoms with Crippen molar-refractivity contribution in [2.24, 2.45) is 0 Å². The Hall–Kier alpha value is -1.89. The van der Waals surface area contributed by atoms with Crippen molar-refractivity contribution in [2.45, 2.75) is 0 Å². The van der Waals surface area contributed by atoms with Crippen molar-refractivity contribution in [2.75, 3.05) is 13.3 Å². The zero-order chi connectivity index (χ0) is 17.6. The Balaban J connectivity index is 2.17. The molecule has 4 aromatic carbocycles. The lowest BCUT2D eigenvalue weighted by Crippen LogP contribution is -2.02. The molecule has 25 heavy (non-hydrogen) atoms. The second-order valence-electron chi connectivity index (χ2n) is 6.68. The van der Waals surface area contributed by atoms with Crippen molar-refractivity contribution in [1.82, 2.24) is 0 Å². The van der Waals surface area contributed by atoms with Crippen LogP contribution in [0.4, 0.5) is 0 Å². The first kappa shape index (κ1) is 16.6. The average Bonchev–Trinajstić information content (AvgIpc) is 2.62. The maximum Gasteiger partial charge on any atom is 0.109 e. The van der Waals surface area contributed by atoms with Crippen molar-refractivity contribution in [3.63, 3.8) is 0 Å². The van der Waals surface area contributed by atoms with E-state index in [9.17, 15) is 4.57 Å². The minimum Gasteiger partial charge on any atom is -0.319 e. The van der Waals surface area contributed by atoms with Gasteiger partial charge in [-0.25, -0.2) is 0 Å². The number of halogens is 1. The van der Waals surface area contributed by atoms with Gasteiger partial charge in [0.05, 0.1) is 0 Å². The van der Waals surface area contributed by atoms with E-state index in [1.165, 1.54) is 27.1 Å². The van der Waals surface area contributed by atoms with Gasteiger partial charge in [-0.3, -0.25) is 0 Å². The highest BCUT2D eigenvalue weighted by molar-refractivity contribution is 9.10. The van der Waals surface area contributed by atoms with E-state index in [4.69, 9.17) is 0 Å². The summed E-state index contributed by atoms with van der Waals surface area (Å²) in [6.07, 6.45) is 0. The number of benzene rings is 4. The van der Waals surface area contributed by atoms with Crippen molar-refractivity contribution in [3.8, 4) is 11.1 Å². The van der Waals surface area contributed by atoms with E-state index in [2.05, 4.69) is 76.6 Å². The first-order valence-electron chi connectivity index (χ1n) is 8.22. The van der Waals surface area contributed by atoms with Crippen molar-refractivity contribution in [1.29, 1.82) is 0 Å². The van der Waals surface area contributed by atoms with Gasteiger partial charge in [0.25, 0.3) is 0 Å². The topological polar surface area (TPSA) is 17.1 Å². The van der Waals surface area contributed by atoms with Crippen LogP contribution in [0.15, 0.2) is 77.3 Å². The summed E-state index contributed by atoms with van der Waals surface area (Å²) in [5, 5.41) is 5.70. The molecule has 0 saturated carbocycles. The van der Waals surface area contributed by atoms with E-state index in [0.717, 1.165) is 15.3 Å². The number of rotatable bonds is 2. The normalized spacial score (nSPS) is 12.0. The Morgan fingerprint density at radius 1 is 0.720 bits per heavy atom. The molecule has 0 aromatic heterocycles. The molecule has 0 fully saturated rings. The number of hydrogen-bond acceptors (Lipinski definition) is 1. The molecule has 0 unspecified atom stereocenters. The molecule has 4 aromatic rings. The van der Waals surface area contributed by atoms with E-state index in [1.54, 1.807) is 0 Å². The highest BCUT2D eigenvalue weighted by atomic mass is 79.9. The quantitative estimate of drug-likeness (QED) is 0.267. The van der Waals surface area contributed by atoms with Crippen LogP contribution in [0.2, 0.25) is 0 Å². The molecule has 1 nitrogen and oxygen atoms in total. The van der Waals surface area contributed by atoms with Gasteiger partial charge >= 0.3 is 0 Å². The van der Waals surface area contributed by atoms with Gasteiger partial charge in [-0.1, -0.05) is 66.7 Å². The lowest BCUT2D eigenvalue weighted by molar-refractivity contribution is 0.588. The molecule has 0 aliphatic heterocycles. The minimum absolute atomic E-state index is 0.918. The molecule has 4 rings (SSSR count). The molecule has 0 aliphatic rings. The third-order valence-electron chi connectivity index (χ3n) is 4.62. The van der Waals surface area contributed by atoms with Crippen LogP contribution in [0.25, 0.3) is 32.7 Å². The molecule has 0 spiro atoms. The van der Waals surface area contributed by atoms with E-state index in [0.29, 0.717) is 0 Å². The fraction of sp³-hybridized carbons (Fsp3) is 0.0909. The predicted molar refractivity (Wildman–Crippen MR) is 114 cm³/mol. The fourth-order valence-electron chi connectivity index (χ4n) is 3.38. The number of fused-ring (bicyclic) bond motifs is 2. The highest BCUT2D eigenvalue weighted by Crippen LogP contribution is 2.42. The summed E-state index contributed by atoms with van der Waals surface area (Å²) in [5.41, 5.74) is 2.31. The molecule has 3 heteroatoms.